The minimum absolute atomic E-state index is 0.111. The number of hydrogen-bond donors (Lipinski definition) is 2. The summed E-state index contributed by atoms with van der Waals surface area (Å²) in [5.74, 6) is 0.695. The zero-order chi connectivity index (χ0) is 20.3. The van der Waals surface area contributed by atoms with E-state index in [1.165, 1.54) is 5.56 Å². The first-order chi connectivity index (χ1) is 14.8. The molecule has 0 saturated carbocycles. The number of rotatable bonds is 6. The Morgan fingerprint density at radius 1 is 1.07 bits per heavy atom. The summed E-state index contributed by atoms with van der Waals surface area (Å²) in [5.41, 5.74) is 2.38. The molecule has 1 aromatic carbocycles. The number of aromatic nitrogens is 1. The van der Waals surface area contributed by atoms with Gasteiger partial charge in [-0.05, 0) is 56.0 Å². The average Bonchev–Trinajstić information content (AvgIpc) is 3.21. The first-order valence-electron chi connectivity index (χ1n) is 11.1. The van der Waals surface area contributed by atoms with Crippen molar-refractivity contribution in [2.24, 2.45) is 5.92 Å². The van der Waals surface area contributed by atoms with Gasteiger partial charge < -0.3 is 19.9 Å². The van der Waals surface area contributed by atoms with Crippen LogP contribution in [-0.2, 0) is 22.4 Å². The van der Waals surface area contributed by atoms with Crippen molar-refractivity contribution >= 4 is 0 Å². The van der Waals surface area contributed by atoms with Gasteiger partial charge in [-0.1, -0.05) is 36.4 Å². The highest BCUT2D eigenvalue weighted by atomic mass is 16.7. The molecule has 2 bridgehead atoms. The Hall–Kier alpha value is -1.83. The van der Waals surface area contributed by atoms with Crippen LogP contribution >= 0.6 is 0 Å². The first kappa shape index (κ1) is 20.1. The first-order valence-corrected chi connectivity index (χ1v) is 11.1. The molecule has 3 fully saturated rings. The van der Waals surface area contributed by atoms with Crippen molar-refractivity contribution in [2.45, 2.75) is 56.4 Å². The summed E-state index contributed by atoms with van der Waals surface area (Å²) >= 11 is 0. The quantitative estimate of drug-likeness (QED) is 0.761. The van der Waals surface area contributed by atoms with Gasteiger partial charge >= 0.3 is 0 Å². The number of benzene rings is 1. The number of nitrogens with one attached hydrogen (secondary N) is 1. The van der Waals surface area contributed by atoms with E-state index >= 15 is 0 Å². The number of hydrogen-bond acceptors (Lipinski definition) is 6. The molecule has 4 heterocycles. The van der Waals surface area contributed by atoms with Gasteiger partial charge in [0.1, 0.15) is 6.10 Å². The van der Waals surface area contributed by atoms with Crippen LogP contribution in [0.2, 0.25) is 0 Å². The van der Waals surface area contributed by atoms with Crippen LogP contribution in [0.25, 0.3) is 0 Å². The van der Waals surface area contributed by atoms with E-state index in [-0.39, 0.29) is 24.5 Å². The summed E-state index contributed by atoms with van der Waals surface area (Å²) in [6.45, 7) is 3.09. The van der Waals surface area contributed by atoms with Crippen molar-refractivity contribution in [1.29, 1.82) is 0 Å². The van der Waals surface area contributed by atoms with Crippen LogP contribution in [-0.4, -0.2) is 65.3 Å². The van der Waals surface area contributed by atoms with Crippen LogP contribution in [0.15, 0.2) is 54.7 Å². The second kappa shape index (κ2) is 9.12. The maximum absolute atomic E-state index is 11.3. The molecule has 5 unspecified atom stereocenters. The molecule has 0 radical (unpaired) electrons. The Balaban J connectivity index is 1.20. The number of likely N-dealkylation sites (tertiary alicyclic amines) is 1. The Morgan fingerprint density at radius 2 is 1.87 bits per heavy atom. The third kappa shape index (κ3) is 4.29. The molecular weight excluding hydrogens is 378 g/mol. The van der Waals surface area contributed by atoms with E-state index in [1.54, 1.807) is 6.20 Å². The third-order valence-corrected chi connectivity index (χ3v) is 6.81. The monoisotopic (exact) mass is 409 g/mol. The lowest BCUT2D eigenvalue weighted by Gasteiger charge is -2.46. The number of nitrogens with zero attached hydrogens (tertiary/aromatic N) is 2. The number of aliphatic hydroxyl groups is 1. The second-order valence-electron chi connectivity index (χ2n) is 8.75. The fourth-order valence-electron chi connectivity index (χ4n) is 5.17. The summed E-state index contributed by atoms with van der Waals surface area (Å²) in [7, 11) is 0. The lowest BCUT2D eigenvalue weighted by molar-refractivity contribution is -0.186. The molecule has 1 aromatic heterocycles. The van der Waals surface area contributed by atoms with Gasteiger partial charge in [0.25, 0.3) is 0 Å². The standard InChI is InChI=1S/C24H31N3O3/c28-23-21(26-15-19-8-4-5-11-25-19)20-16-29-24(30-20)22(23)27-12-9-18(10-13-27)14-17-6-2-1-3-7-17/h1-8,11,18,20-24,26,28H,9-10,12-16H2. The second-order valence-corrected chi connectivity index (χ2v) is 8.75. The highest BCUT2D eigenvalue weighted by molar-refractivity contribution is 5.15. The van der Waals surface area contributed by atoms with Crippen LogP contribution < -0.4 is 5.32 Å². The number of aliphatic hydroxyl groups excluding tert-OH is 1. The summed E-state index contributed by atoms with van der Waals surface area (Å²) in [6.07, 6.45) is 4.24. The molecule has 3 saturated heterocycles. The molecule has 6 heteroatoms. The van der Waals surface area contributed by atoms with E-state index in [0.717, 1.165) is 38.0 Å². The molecule has 3 aliphatic rings. The van der Waals surface area contributed by atoms with Gasteiger partial charge in [-0.2, -0.15) is 0 Å². The summed E-state index contributed by atoms with van der Waals surface area (Å²) in [4.78, 5) is 6.76. The van der Waals surface area contributed by atoms with Gasteiger partial charge in [0, 0.05) is 12.7 Å². The molecule has 3 aliphatic heterocycles. The zero-order valence-corrected chi connectivity index (χ0v) is 17.3. The lowest BCUT2D eigenvalue weighted by Crippen LogP contribution is -2.65. The Labute approximate surface area is 178 Å². The molecule has 6 nitrogen and oxygen atoms in total. The molecule has 0 spiro atoms. The maximum Gasteiger partial charge on any atom is 0.176 e. The predicted molar refractivity (Wildman–Crippen MR) is 114 cm³/mol. The van der Waals surface area contributed by atoms with E-state index in [0.29, 0.717) is 19.1 Å². The molecule has 0 aliphatic carbocycles. The number of ether oxygens (including phenoxy) is 2. The van der Waals surface area contributed by atoms with Crippen molar-refractivity contribution in [3.8, 4) is 0 Å². The van der Waals surface area contributed by atoms with Gasteiger partial charge in [0.2, 0.25) is 0 Å². The fourth-order valence-corrected chi connectivity index (χ4v) is 5.17. The summed E-state index contributed by atoms with van der Waals surface area (Å²) < 4.78 is 12.1. The summed E-state index contributed by atoms with van der Waals surface area (Å²) in [6, 6.07) is 16.4. The molecule has 0 amide bonds. The highest BCUT2D eigenvalue weighted by Crippen LogP contribution is 2.34. The Bertz CT molecular complexity index is 798. The van der Waals surface area contributed by atoms with Gasteiger partial charge in [0.05, 0.1) is 30.5 Å². The largest absolute Gasteiger partial charge is 0.390 e. The molecule has 30 heavy (non-hydrogen) atoms. The van der Waals surface area contributed by atoms with Crippen LogP contribution in [0, 0.1) is 5.92 Å². The number of pyridine rings is 1. The Kier molecular flexibility index (Phi) is 6.11. The maximum atomic E-state index is 11.3. The van der Waals surface area contributed by atoms with E-state index in [9.17, 15) is 5.11 Å². The van der Waals surface area contributed by atoms with Gasteiger partial charge in [-0.3, -0.25) is 9.88 Å². The topological polar surface area (TPSA) is 66.8 Å². The lowest BCUT2D eigenvalue weighted by atomic mass is 9.87. The number of fused-ring (bicyclic) bond motifs is 2. The van der Waals surface area contributed by atoms with Gasteiger partial charge in [-0.25, -0.2) is 0 Å². The molecule has 2 aromatic rings. The van der Waals surface area contributed by atoms with Crippen molar-refractivity contribution in [3.63, 3.8) is 0 Å². The molecular formula is C24H31N3O3. The SMILES string of the molecule is OC1C(NCc2ccccn2)C2COC(O2)C1N1CCC(Cc2ccccc2)CC1. The zero-order valence-electron chi connectivity index (χ0n) is 17.3. The smallest absolute Gasteiger partial charge is 0.176 e. The van der Waals surface area contributed by atoms with E-state index in [2.05, 4.69) is 45.5 Å². The van der Waals surface area contributed by atoms with Crippen molar-refractivity contribution in [1.82, 2.24) is 15.2 Å². The average molecular weight is 410 g/mol. The van der Waals surface area contributed by atoms with E-state index in [1.807, 2.05) is 18.2 Å². The highest BCUT2D eigenvalue weighted by Gasteiger charge is 2.52. The molecule has 2 N–H and O–H groups in total. The molecule has 160 valence electrons. The minimum atomic E-state index is -0.523. The van der Waals surface area contributed by atoms with Gasteiger partial charge in [0.15, 0.2) is 6.29 Å². The van der Waals surface area contributed by atoms with E-state index < -0.39 is 6.10 Å². The molecule has 5 rings (SSSR count). The fraction of sp³-hybridized carbons (Fsp3) is 0.542. The molecule has 5 atom stereocenters. The van der Waals surface area contributed by atoms with E-state index in [4.69, 9.17) is 9.47 Å². The van der Waals surface area contributed by atoms with Gasteiger partial charge in [-0.15, -0.1) is 0 Å². The normalized spacial score (nSPS) is 32.4. The van der Waals surface area contributed by atoms with Crippen LogP contribution in [0.5, 0.6) is 0 Å². The van der Waals surface area contributed by atoms with Crippen molar-refractivity contribution in [2.75, 3.05) is 19.7 Å². The Morgan fingerprint density at radius 3 is 2.63 bits per heavy atom. The van der Waals surface area contributed by atoms with Crippen molar-refractivity contribution < 1.29 is 14.6 Å². The van der Waals surface area contributed by atoms with Crippen LogP contribution in [0.1, 0.15) is 24.1 Å². The predicted octanol–water partition coefficient (Wildman–Crippen LogP) is 1.98. The van der Waals surface area contributed by atoms with Crippen LogP contribution in [0.3, 0.4) is 0 Å². The minimum Gasteiger partial charge on any atom is -0.390 e. The number of piperidine rings is 1. The van der Waals surface area contributed by atoms with Crippen molar-refractivity contribution in [3.05, 3.63) is 66.0 Å². The third-order valence-electron chi connectivity index (χ3n) is 6.81. The summed E-state index contributed by atoms with van der Waals surface area (Å²) in [5, 5.41) is 14.7. The van der Waals surface area contributed by atoms with Crippen LogP contribution in [0.4, 0.5) is 0 Å².